The van der Waals surface area contributed by atoms with Crippen LogP contribution in [0.2, 0.25) is 5.02 Å². The van der Waals surface area contributed by atoms with E-state index in [0.29, 0.717) is 12.3 Å². The van der Waals surface area contributed by atoms with Gasteiger partial charge in [0.1, 0.15) is 5.60 Å². The fraction of sp³-hybridized carbons (Fsp3) is 0.500. The first-order valence-electron chi connectivity index (χ1n) is 7.59. The number of alkyl carbamates (subject to hydrolysis) is 1. The van der Waals surface area contributed by atoms with Gasteiger partial charge in [-0.25, -0.2) is 4.79 Å². The van der Waals surface area contributed by atoms with Gasteiger partial charge in [-0.2, -0.15) is 24.9 Å². The Bertz CT molecular complexity index is 649. The molecule has 1 aromatic rings. The molecule has 1 aromatic carbocycles. The molecule has 0 aliphatic heterocycles. The first-order chi connectivity index (χ1) is 11.9. The molecular weight excluding hydrogens is 393 g/mol. The highest BCUT2D eigenvalue weighted by atomic mass is 35.5. The largest absolute Gasteiger partial charge is 0.444 e. The van der Waals surface area contributed by atoms with E-state index in [1.54, 1.807) is 20.8 Å². The van der Waals surface area contributed by atoms with Gasteiger partial charge in [0.05, 0.1) is 16.3 Å². The molecule has 2 amide bonds. The molecular formula is C16H20ClF3N2O3S. The summed E-state index contributed by atoms with van der Waals surface area (Å²) < 4.78 is 43.4. The molecule has 0 aliphatic carbocycles. The van der Waals surface area contributed by atoms with Gasteiger partial charge in [-0.3, -0.25) is 4.79 Å². The number of nitrogens with one attached hydrogen (secondary N) is 2. The van der Waals surface area contributed by atoms with Crippen LogP contribution in [0.15, 0.2) is 18.2 Å². The average Bonchev–Trinajstić information content (AvgIpc) is 2.46. The molecule has 10 heteroatoms. The monoisotopic (exact) mass is 412 g/mol. The molecule has 26 heavy (non-hydrogen) atoms. The van der Waals surface area contributed by atoms with Crippen LogP contribution < -0.4 is 10.6 Å². The van der Waals surface area contributed by atoms with Crippen molar-refractivity contribution in [1.29, 1.82) is 0 Å². The number of anilines is 1. The van der Waals surface area contributed by atoms with Crippen molar-refractivity contribution in [1.82, 2.24) is 5.32 Å². The number of ether oxygens (including phenoxy) is 1. The van der Waals surface area contributed by atoms with Gasteiger partial charge in [-0.1, -0.05) is 11.6 Å². The highest BCUT2D eigenvalue weighted by molar-refractivity contribution is 7.99. The van der Waals surface area contributed by atoms with Crippen LogP contribution in [-0.4, -0.2) is 35.7 Å². The minimum atomic E-state index is -4.60. The van der Waals surface area contributed by atoms with E-state index in [-0.39, 0.29) is 11.4 Å². The molecule has 0 radical (unpaired) electrons. The fourth-order valence-electron chi connectivity index (χ4n) is 1.72. The third-order valence-corrected chi connectivity index (χ3v) is 3.99. The first kappa shape index (κ1) is 22.4. The molecule has 0 saturated heterocycles. The lowest BCUT2D eigenvalue weighted by Gasteiger charge is -2.19. The summed E-state index contributed by atoms with van der Waals surface area (Å²) in [4.78, 5) is 23.2. The zero-order valence-electron chi connectivity index (χ0n) is 14.5. The van der Waals surface area contributed by atoms with Crippen LogP contribution in [0.1, 0.15) is 26.3 Å². The van der Waals surface area contributed by atoms with Crippen molar-refractivity contribution in [3.05, 3.63) is 28.8 Å². The summed E-state index contributed by atoms with van der Waals surface area (Å²) in [6.45, 7) is 5.53. The third kappa shape index (κ3) is 8.66. The van der Waals surface area contributed by atoms with Gasteiger partial charge in [0, 0.05) is 18.0 Å². The number of carbonyl (C=O) groups excluding carboxylic acids is 2. The molecule has 0 aromatic heterocycles. The molecule has 0 aliphatic rings. The van der Waals surface area contributed by atoms with Crippen LogP contribution in [0.3, 0.4) is 0 Å². The standard InChI is InChI=1S/C16H20ClF3N2O3S/c1-15(2,3)25-14(24)21-6-7-26-9-13(23)22-10-4-5-12(17)11(8-10)16(18,19)20/h4-5,8H,6-7,9H2,1-3H3,(H,21,24)(H,22,23). The Labute approximate surface area is 159 Å². The second-order valence-electron chi connectivity index (χ2n) is 6.22. The highest BCUT2D eigenvalue weighted by Crippen LogP contribution is 2.36. The van der Waals surface area contributed by atoms with Gasteiger partial charge in [-0.15, -0.1) is 0 Å². The van der Waals surface area contributed by atoms with E-state index < -0.39 is 34.4 Å². The second kappa shape index (κ2) is 9.36. The lowest BCUT2D eigenvalue weighted by Crippen LogP contribution is -2.33. The van der Waals surface area contributed by atoms with Crippen LogP contribution in [0.25, 0.3) is 0 Å². The van der Waals surface area contributed by atoms with Gasteiger partial charge in [0.25, 0.3) is 0 Å². The number of amides is 2. The van der Waals surface area contributed by atoms with Crippen LogP contribution >= 0.6 is 23.4 Å². The number of hydrogen-bond donors (Lipinski definition) is 2. The summed E-state index contributed by atoms with van der Waals surface area (Å²) in [5.74, 6) is 0.0175. The van der Waals surface area contributed by atoms with E-state index in [0.717, 1.165) is 12.1 Å². The maximum absolute atomic E-state index is 12.8. The lowest BCUT2D eigenvalue weighted by atomic mass is 10.2. The first-order valence-corrected chi connectivity index (χ1v) is 9.13. The highest BCUT2D eigenvalue weighted by Gasteiger charge is 2.33. The molecule has 0 heterocycles. The van der Waals surface area contributed by atoms with Crippen molar-refractivity contribution >= 4 is 41.1 Å². The Morgan fingerprint density at radius 1 is 1.23 bits per heavy atom. The molecule has 0 fully saturated rings. The molecule has 5 nitrogen and oxygen atoms in total. The summed E-state index contributed by atoms with van der Waals surface area (Å²) in [7, 11) is 0. The number of alkyl halides is 3. The van der Waals surface area contributed by atoms with E-state index >= 15 is 0 Å². The molecule has 0 spiro atoms. The minimum absolute atomic E-state index is 0.0132. The van der Waals surface area contributed by atoms with Crippen molar-refractivity contribution in [3.63, 3.8) is 0 Å². The van der Waals surface area contributed by atoms with Crippen LogP contribution in [0.4, 0.5) is 23.7 Å². The molecule has 1 rings (SSSR count). The van der Waals surface area contributed by atoms with Crippen molar-refractivity contribution < 1.29 is 27.5 Å². The maximum Gasteiger partial charge on any atom is 0.417 e. The molecule has 146 valence electrons. The zero-order chi connectivity index (χ0) is 20.0. The number of benzene rings is 1. The third-order valence-electron chi connectivity index (χ3n) is 2.70. The minimum Gasteiger partial charge on any atom is -0.444 e. The van der Waals surface area contributed by atoms with Gasteiger partial charge in [-0.05, 0) is 39.0 Å². The van der Waals surface area contributed by atoms with E-state index in [2.05, 4.69) is 10.6 Å². The Morgan fingerprint density at radius 2 is 1.88 bits per heavy atom. The number of hydrogen-bond acceptors (Lipinski definition) is 4. The zero-order valence-corrected chi connectivity index (χ0v) is 16.1. The molecule has 0 unspecified atom stereocenters. The van der Waals surface area contributed by atoms with Crippen LogP contribution in [-0.2, 0) is 15.7 Å². The van der Waals surface area contributed by atoms with E-state index in [4.69, 9.17) is 16.3 Å². The summed E-state index contributed by atoms with van der Waals surface area (Å²) in [5, 5.41) is 4.49. The average molecular weight is 413 g/mol. The summed E-state index contributed by atoms with van der Waals surface area (Å²) >= 11 is 6.74. The second-order valence-corrected chi connectivity index (χ2v) is 7.73. The Kier molecular flexibility index (Phi) is 8.08. The Balaban J connectivity index is 2.36. The normalized spacial score (nSPS) is 11.8. The summed E-state index contributed by atoms with van der Waals surface area (Å²) in [5.41, 5.74) is -1.59. The predicted molar refractivity (Wildman–Crippen MR) is 96.6 cm³/mol. The van der Waals surface area contributed by atoms with Crippen molar-refractivity contribution in [2.24, 2.45) is 0 Å². The molecule has 0 atom stereocenters. The lowest BCUT2D eigenvalue weighted by molar-refractivity contribution is -0.137. The Hall–Kier alpha value is -1.61. The van der Waals surface area contributed by atoms with E-state index in [1.165, 1.54) is 17.8 Å². The van der Waals surface area contributed by atoms with Gasteiger partial charge < -0.3 is 15.4 Å². The predicted octanol–water partition coefficient (Wildman–Crippen LogP) is 4.56. The quantitative estimate of drug-likeness (QED) is 0.672. The maximum atomic E-state index is 12.8. The van der Waals surface area contributed by atoms with Crippen LogP contribution in [0, 0.1) is 0 Å². The SMILES string of the molecule is CC(C)(C)OC(=O)NCCSCC(=O)Nc1ccc(Cl)c(C(F)(F)F)c1. The van der Waals surface area contributed by atoms with Crippen molar-refractivity contribution in [2.45, 2.75) is 32.5 Å². The van der Waals surface area contributed by atoms with Gasteiger partial charge in [0.2, 0.25) is 5.91 Å². The summed E-state index contributed by atoms with van der Waals surface area (Å²) in [6, 6.07) is 3.16. The molecule has 2 N–H and O–H groups in total. The van der Waals surface area contributed by atoms with E-state index in [9.17, 15) is 22.8 Å². The van der Waals surface area contributed by atoms with Crippen molar-refractivity contribution in [2.75, 3.05) is 23.4 Å². The smallest absolute Gasteiger partial charge is 0.417 e. The van der Waals surface area contributed by atoms with Crippen LogP contribution in [0.5, 0.6) is 0 Å². The molecule has 0 bridgehead atoms. The summed E-state index contributed by atoms with van der Waals surface area (Å²) in [6.07, 6.45) is -5.15. The Morgan fingerprint density at radius 3 is 2.46 bits per heavy atom. The fourth-order valence-corrected chi connectivity index (χ4v) is 2.59. The molecule has 0 saturated carbocycles. The topological polar surface area (TPSA) is 67.4 Å². The van der Waals surface area contributed by atoms with Gasteiger partial charge >= 0.3 is 12.3 Å². The van der Waals surface area contributed by atoms with Gasteiger partial charge in [0.15, 0.2) is 0 Å². The number of thioether (sulfide) groups is 1. The number of carbonyl (C=O) groups is 2. The van der Waals surface area contributed by atoms with E-state index in [1.807, 2.05) is 0 Å². The number of halogens is 4. The van der Waals surface area contributed by atoms with Crippen molar-refractivity contribution in [3.8, 4) is 0 Å². The number of rotatable bonds is 6.